The van der Waals surface area contributed by atoms with Crippen molar-refractivity contribution < 1.29 is 0 Å². The SMILES string of the molecule is CC1(C)c2cc(-c3cc(-n4c5ccccc5c5ccccc54)cc4c3-c3ccc(-n5c6ccccc6c6ccccc65)cc3C4(c3ccccc3)c3ccccc3)ccc2-c2ccc(N(c3ccc(-c4ccccc4)cc3)c3cccc4c3-c3ccccc3C4(C)C)cc21. The number of nitrogens with zero attached hydrogens (tertiary/aromatic N) is 3. The number of anilines is 3. The fourth-order valence-electron chi connectivity index (χ4n) is 17.3. The second-order valence-corrected chi connectivity index (χ2v) is 27.1. The molecule has 444 valence electrons. The molecule has 16 aromatic rings. The average Bonchev–Trinajstić information content (AvgIpc) is 1.51. The molecule has 3 nitrogen and oxygen atoms in total. The van der Waals surface area contributed by atoms with Gasteiger partial charge < -0.3 is 14.0 Å². The predicted octanol–water partition coefficient (Wildman–Crippen LogP) is 23.7. The zero-order valence-electron chi connectivity index (χ0n) is 52.9. The van der Waals surface area contributed by atoms with Gasteiger partial charge in [0.05, 0.1) is 33.2 Å². The van der Waals surface area contributed by atoms with Crippen molar-refractivity contribution in [3.8, 4) is 67.0 Å². The summed E-state index contributed by atoms with van der Waals surface area (Å²) in [5.74, 6) is 0. The van der Waals surface area contributed by atoms with Gasteiger partial charge in [-0.15, -0.1) is 0 Å². The molecule has 14 aromatic carbocycles. The predicted molar refractivity (Wildman–Crippen MR) is 393 cm³/mol. The van der Waals surface area contributed by atoms with E-state index in [1.54, 1.807) is 0 Å². The highest BCUT2D eigenvalue weighted by Crippen LogP contribution is 2.62. The molecule has 0 N–H and O–H groups in total. The maximum absolute atomic E-state index is 2.56. The molecule has 94 heavy (non-hydrogen) atoms. The van der Waals surface area contributed by atoms with Crippen molar-refractivity contribution in [1.82, 2.24) is 9.13 Å². The first kappa shape index (κ1) is 54.2. The number of rotatable bonds is 9. The molecule has 0 amide bonds. The van der Waals surface area contributed by atoms with E-state index in [1.165, 1.54) is 149 Å². The molecular formula is C91H65N3. The highest BCUT2D eigenvalue weighted by molar-refractivity contribution is 6.11. The monoisotopic (exact) mass is 1200 g/mol. The highest BCUT2D eigenvalue weighted by Gasteiger charge is 2.48. The molecule has 3 aliphatic carbocycles. The Morgan fingerprint density at radius 1 is 0.255 bits per heavy atom. The Morgan fingerprint density at radius 2 is 0.702 bits per heavy atom. The summed E-state index contributed by atoms with van der Waals surface area (Å²) in [5, 5.41) is 4.97. The van der Waals surface area contributed by atoms with Crippen molar-refractivity contribution in [2.45, 2.75) is 43.9 Å². The summed E-state index contributed by atoms with van der Waals surface area (Å²) in [6.45, 7) is 9.65. The van der Waals surface area contributed by atoms with Crippen LogP contribution in [0.5, 0.6) is 0 Å². The maximum Gasteiger partial charge on any atom is 0.0715 e. The third-order valence-corrected chi connectivity index (χ3v) is 21.6. The Hall–Kier alpha value is -11.5. The van der Waals surface area contributed by atoms with Crippen molar-refractivity contribution in [3.63, 3.8) is 0 Å². The van der Waals surface area contributed by atoms with Gasteiger partial charge in [-0.2, -0.15) is 0 Å². The van der Waals surface area contributed by atoms with Crippen LogP contribution < -0.4 is 4.90 Å². The van der Waals surface area contributed by atoms with Crippen LogP contribution in [0.25, 0.3) is 111 Å². The zero-order chi connectivity index (χ0) is 62.6. The van der Waals surface area contributed by atoms with E-state index >= 15 is 0 Å². The Kier molecular flexibility index (Phi) is 11.7. The van der Waals surface area contributed by atoms with Gasteiger partial charge in [-0.25, -0.2) is 0 Å². The summed E-state index contributed by atoms with van der Waals surface area (Å²) in [6, 6.07) is 121. The van der Waals surface area contributed by atoms with Crippen LogP contribution >= 0.6 is 0 Å². The largest absolute Gasteiger partial charge is 0.310 e. The van der Waals surface area contributed by atoms with Gasteiger partial charge in [-0.05, 0) is 180 Å². The third kappa shape index (κ3) is 7.61. The Morgan fingerprint density at radius 3 is 1.32 bits per heavy atom. The molecule has 0 radical (unpaired) electrons. The maximum atomic E-state index is 2.56. The summed E-state index contributed by atoms with van der Waals surface area (Å²) in [4.78, 5) is 2.52. The fraction of sp³-hybridized carbons (Fsp3) is 0.0769. The Labute approximate surface area is 548 Å². The van der Waals surface area contributed by atoms with Crippen LogP contribution in [0.1, 0.15) is 72.2 Å². The molecule has 0 aliphatic heterocycles. The number of hydrogen-bond acceptors (Lipinski definition) is 1. The summed E-state index contributed by atoms with van der Waals surface area (Å²) in [5.41, 5.74) is 31.9. The molecule has 0 saturated carbocycles. The molecule has 0 bridgehead atoms. The van der Waals surface area contributed by atoms with Crippen LogP contribution in [-0.4, -0.2) is 9.13 Å². The van der Waals surface area contributed by atoms with E-state index in [-0.39, 0.29) is 10.8 Å². The molecule has 0 saturated heterocycles. The standard InChI is InChI=1S/C91H65N3/c1-89(2)76-36-19-14-35-73(76)88-77(89)37-24-42-86(88)92(63-46-43-59(44-47-63)58-25-8-5-9-26-58)64-48-51-68-67-50-45-60(53-78(67)90(3,4)79(68)55-64)75-54-66(94-84-40-22-17-33-71(84)72-34-18-23-41-85(72)94)57-81-87(75)74-52-49-65(93-82-38-20-15-31-69(82)70-32-16-21-39-83(70)93)56-80(74)91(81,61-27-10-6-11-28-61)62-29-12-7-13-30-62/h5-57H,1-4H3. The molecule has 0 spiro atoms. The van der Waals surface area contributed by atoms with Crippen LogP contribution in [0, 0.1) is 0 Å². The van der Waals surface area contributed by atoms with E-state index < -0.39 is 5.41 Å². The lowest BCUT2D eigenvalue weighted by Crippen LogP contribution is -2.29. The van der Waals surface area contributed by atoms with Crippen LogP contribution in [0.4, 0.5) is 17.1 Å². The minimum Gasteiger partial charge on any atom is -0.310 e. The molecule has 2 heterocycles. The minimum absolute atomic E-state index is 0.157. The van der Waals surface area contributed by atoms with E-state index in [1.807, 2.05) is 0 Å². The first-order chi connectivity index (χ1) is 46.2. The van der Waals surface area contributed by atoms with Gasteiger partial charge in [0.2, 0.25) is 0 Å². The molecule has 19 rings (SSSR count). The van der Waals surface area contributed by atoms with E-state index in [4.69, 9.17) is 0 Å². The normalized spacial score (nSPS) is 14.2. The molecule has 3 aliphatic rings. The second-order valence-electron chi connectivity index (χ2n) is 27.1. The van der Waals surface area contributed by atoms with Crippen LogP contribution in [0.3, 0.4) is 0 Å². The van der Waals surface area contributed by atoms with Gasteiger partial charge in [0.1, 0.15) is 0 Å². The van der Waals surface area contributed by atoms with E-state index in [9.17, 15) is 0 Å². The van der Waals surface area contributed by atoms with Gasteiger partial charge >= 0.3 is 0 Å². The molecule has 0 unspecified atom stereocenters. The Bertz CT molecular complexity index is 5640. The first-order valence-corrected chi connectivity index (χ1v) is 33.1. The van der Waals surface area contributed by atoms with Crippen LogP contribution in [0.15, 0.2) is 322 Å². The third-order valence-electron chi connectivity index (χ3n) is 21.6. The number of aromatic nitrogens is 2. The number of fused-ring (bicyclic) bond motifs is 15. The molecule has 0 atom stereocenters. The average molecular weight is 1200 g/mol. The Balaban J connectivity index is 0.841. The minimum atomic E-state index is -0.738. The van der Waals surface area contributed by atoms with E-state index in [0.717, 1.165) is 22.7 Å². The lowest BCUT2D eigenvalue weighted by atomic mass is 9.67. The number of para-hydroxylation sites is 4. The number of hydrogen-bond donors (Lipinski definition) is 0. The van der Waals surface area contributed by atoms with Crippen molar-refractivity contribution >= 4 is 60.7 Å². The second kappa shape index (κ2) is 20.2. The van der Waals surface area contributed by atoms with Crippen LogP contribution in [0.2, 0.25) is 0 Å². The topological polar surface area (TPSA) is 13.1 Å². The lowest BCUT2D eigenvalue weighted by molar-refractivity contribution is 0.660. The first-order valence-electron chi connectivity index (χ1n) is 33.1. The van der Waals surface area contributed by atoms with Crippen molar-refractivity contribution in [2.75, 3.05) is 4.90 Å². The molecule has 3 heteroatoms. The molecule has 2 aromatic heterocycles. The molecule has 0 fully saturated rings. The lowest BCUT2D eigenvalue weighted by Gasteiger charge is -2.34. The van der Waals surface area contributed by atoms with Gasteiger partial charge in [-0.3, -0.25) is 0 Å². The van der Waals surface area contributed by atoms with E-state index in [0.29, 0.717) is 0 Å². The highest BCUT2D eigenvalue weighted by atomic mass is 15.1. The van der Waals surface area contributed by atoms with Crippen molar-refractivity contribution in [2.24, 2.45) is 0 Å². The summed E-state index contributed by atoms with van der Waals surface area (Å²) in [6.07, 6.45) is 0. The van der Waals surface area contributed by atoms with Gasteiger partial charge in [0.25, 0.3) is 0 Å². The quantitative estimate of drug-likeness (QED) is 0.140. The van der Waals surface area contributed by atoms with Gasteiger partial charge in [0.15, 0.2) is 0 Å². The van der Waals surface area contributed by atoms with Gasteiger partial charge in [-0.1, -0.05) is 264 Å². The summed E-state index contributed by atoms with van der Waals surface area (Å²) < 4.78 is 5.01. The zero-order valence-corrected chi connectivity index (χ0v) is 52.9. The molecular weight excluding hydrogens is 1140 g/mol. The fourth-order valence-corrected chi connectivity index (χ4v) is 17.3. The van der Waals surface area contributed by atoms with Gasteiger partial charge in [0, 0.05) is 60.7 Å². The summed E-state index contributed by atoms with van der Waals surface area (Å²) in [7, 11) is 0. The van der Waals surface area contributed by atoms with Crippen LogP contribution in [-0.2, 0) is 16.2 Å². The summed E-state index contributed by atoms with van der Waals surface area (Å²) >= 11 is 0. The van der Waals surface area contributed by atoms with Crippen molar-refractivity contribution in [3.05, 3.63) is 366 Å². The number of benzene rings is 14. The van der Waals surface area contributed by atoms with E-state index in [2.05, 4.69) is 363 Å². The van der Waals surface area contributed by atoms with Crippen molar-refractivity contribution in [1.29, 1.82) is 0 Å². The smallest absolute Gasteiger partial charge is 0.0715 e.